The van der Waals surface area contributed by atoms with Gasteiger partial charge in [-0.25, -0.2) is 4.98 Å². The second-order valence-corrected chi connectivity index (χ2v) is 5.60. The summed E-state index contributed by atoms with van der Waals surface area (Å²) in [5.41, 5.74) is 1.22. The lowest BCUT2D eigenvalue weighted by atomic mass is 10.3. The molecule has 0 aliphatic rings. The monoisotopic (exact) mass is 295 g/mol. The van der Waals surface area contributed by atoms with Gasteiger partial charge in [0.1, 0.15) is 0 Å². The molecule has 2 rings (SSSR count). The van der Waals surface area contributed by atoms with E-state index in [0.717, 1.165) is 18.2 Å². The van der Waals surface area contributed by atoms with Crippen molar-refractivity contribution in [1.82, 2.24) is 9.55 Å². The summed E-state index contributed by atoms with van der Waals surface area (Å²) < 4.78 is 2.02. The fourth-order valence-electron chi connectivity index (χ4n) is 1.85. The Morgan fingerprint density at radius 1 is 1.32 bits per heavy atom. The first-order valence-corrected chi connectivity index (χ1v) is 7.66. The standard InChI is InChI=1S/C14H18ClN3S/c1-3-18(10-8-15)12-4-6-13(7-5-12)19-14-16-9-11-17(14)2/h4-7,9,11H,3,8,10H2,1-2H3. The molecule has 2 aromatic rings. The third kappa shape index (κ3) is 3.67. The van der Waals surface area contributed by atoms with E-state index in [1.807, 2.05) is 24.0 Å². The number of rotatable bonds is 6. The number of aryl methyl sites for hydroxylation is 1. The lowest BCUT2D eigenvalue weighted by molar-refractivity contribution is 0.790. The summed E-state index contributed by atoms with van der Waals surface area (Å²) in [7, 11) is 2.00. The maximum absolute atomic E-state index is 5.81. The van der Waals surface area contributed by atoms with Gasteiger partial charge in [0.25, 0.3) is 0 Å². The Hall–Kier alpha value is -1.13. The molecule has 0 N–H and O–H groups in total. The molecule has 19 heavy (non-hydrogen) atoms. The number of benzene rings is 1. The largest absolute Gasteiger partial charge is 0.371 e. The molecule has 0 radical (unpaired) electrons. The third-order valence-corrected chi connectivity index (χ3v) is 4.18. The van der Waals surface area contributed by atoms with Crippen molar-refractivity contribution >= 4 is 29.1 Å². The van der Waals surface area contributed by atoms with Gasteiger partial charge in [-0.15, -0.1) is 11.6 Å². The minimum atomic E-state index is 0.650. The molecule has 0 atom stereocenters. The van der Waals surface area contributed by atoms with Crippen LogP contribution in [0.3, 0.4) is 0 Å². The minimum Gasteiger partial charge on any atom is -0.371 e. The van der Waals surface area contributed by atoms with Crippen LogP contribution in [0.15, 0.2) is 46.7 Å². The molecule has 1 aromatic heterocycles. The molecule has 0 spiro atoms. The van der Waals surface area contributed by atoms with E-state index in [4.69, 9.17) is 11.6 Å². The Morgan fingerprint density at radius 3 is 2.58 bits per heavy atom. The molecular weight excluding hydrogens is 278 g/mol. The molecule has 102 valence electrons. The Balaban J connectivity index is 2.08. The zero-order valence-electron chi connectivity index (χ0n) is 11.2. The van der Waals surface area contributed by atoms with E-state index in [0.29, 0.717) is 5.88 Å². The molecule has 0 bridgehead atoms. The Morgan fingerprint density at radius 2 is 2.05 bits per heavy atom. The van der Waals surface area contributed by atoms with Crippen molar-refractivity contribution < 1.29 is 0 Å². The van der Waals surface area contributed by atoms with Gasteiger partial charge >= 0.3 is 0 Å². The molecule has 0 saturated carbocycles. The highest BCUT2D eigenvalue weighted by atomic mass is 35.5. The van der Waals surface area contributed by atoms with E-state index in [-0.39, 0.29) is 0 Å². The van der Waals surface area contributed by atoms with Crippen molar-refractivity contribution in [3.8, 4) is 0 Å². The van der Waals surface area contributed by atoms with Crippen LogP contribution in [0.25, 0.3) is 0 Å². The summed E-state index contributed by atoms with van der Waals surface area (Å²) >= 11 is 7.48. The highest BCUT2D eigenvalue weighted by Crippen LogP contribution is 2.27. The van der Waals surface area contributed by atoms with E-state index in [1.54, 1.807) is 11.8 Å². The van der Waals surface area contributed by atoms with Crippen molar-refractivity contribution in [3.05, 3.63) is 36.7 Å². The van der Waals surface area contributed by atoms with Crippen molar-refractivity contribution in [2.75, 3.05) is 23.9 Å². The van der Waals surface area contributed by atoms with Crippen LogP contribution < -0.4 is 4.90 Å². The molecule has 0 aliphatic carbocycles. The SMILES string of the molecule is CCN(CCCl)c1ccc(Sc2nccn2C)cc1. The van der Waals surface area contributed by atoms with Crippen molar-refractivity contribution in [2.24, 2.45) is 7.05 Å². The van der Waals surface area contributed by atoms with Gasteiger partial charge in [-0.3, -0.25) is 0 Å². The molecule has 0 aliphatic heterocycles. The van der Waals surface area contributed by atoms with Gasteiger partial charge < -0.3 is 9.47 Å². The summed E-state index contributed by atoms with van der Waals surface area (Å²) in [5.74, 6) is 0.650. The molecule has 0 amide bonds. The fraction of sp³-hybridized carbons (Fsp3) is 0.357. The number of imidazole rings is 1. The summed E-state index contributed by atoms with van der Waals surface area (Å²) in [5, 5.41) is 1.00. The Bertz CT molecular complexity index is 510. The van der Waals surface area contributed by atoms with E-state index in [2.05, 4.69) is 41.1 Å². The molecular formula is C14H18ClN3S. The zero-order valence-corrected chi connectivity index (χ0v) is 12.8. The minimum absolute atomic E-state index is 0.650. The molecule has 0 unspecified atom stereocenters. The quantitative estimate of drug-likeness (QED) is 0.759. The Kier molecular flexibility index (Phi) is 5.16. The normalized spacial score (nSPS) is 10.7. The molecule has 3 nitrogen and oxygen atoms in total. The van der Waals surface area contributed by atoms with Gasteiger partial charge in [-0.05, 0) is 31.2 Å². The molecule has 1 heterocycles. The summed E-state index contributed by atoms with van der Waals surface area (Å²) in [6.45, 7) is 3.99. The van der Waals surface area contributed by atoms with Crippen LogP contribution in [0.2, 0.25) is 0 Å². The fourth-order valence-corrected chi connectivity index (χ4v) is 2.86. The smallest absolute Gasteiger partial charge is 0.172 e. The van der Waals surface area contributed by atoms with Crippen LogP contribution >= 0.6 is 23.4 Å². The first-order chi connectivity index (χ1) is 9.24. The van der Waals surface area contributed by atoms with Crippen LogP contribution in [0, 0.1) is 0 Å². The number of hydrogen-bond acceptors (Lipinski definition) is 3. The van der Waals surface area contributed by atoms with Crippen molar-refractivity contribution in [2.45, 2.75) is 17.0 Å². The highest BCUT2D eigenvalue weighted by molar-refractivity contribution is 7.99. The third-order valence-electron chi connectivity index (χ3n) is 2.92. The van der Waals surface area contributed by atoms with Crippen LogP contribution in [0.1, 0.15) is 6.92 Å². The van der Waals surface area contributed by atoms with Gasteiger partial charge in [-0.2, -0.15) is 0 Å². The summed E-state index contributed by atoms with van der Waals surface area (Å²) in [6, 6.07) is 8.54. The topological polar surface area (TPSA) is 21.1 Å². The van der Waals surface area contributed by atoms with E-state index in [9.17, 15) is 0 Å². The number of halogens is 1. The average Bonchev–Trinajstić information content (AvgIpc) is 2.83. The molecule has 1 aromatic carbocycles. The number of aromatic nitrogens is 2. The first kappa shape index (κ1) is 14.3. The van der Waals surface area contributed by atoms with Crippen LogP contribution in [-0.4, -0.2) is 28.5 Å². The lowest BCUT2D eigenvalue weighted by Gasteiger charge is -2.22. The second-order valence-electron chi connectivity index (χ2n) is 4.19. The van der Waals surface area contributed by atoms with Gasteiger partial charge in [0.15, 0.2) is 5.16 Å². The maximum Gasteiger partial charge on any atom is 0.172 e. The number of hydrogen-bond donors (Lipinski definition) is 0. The van der Waals surface area contributed by atoms with Crippen molar-refractivity contribution in [1.29, 1.82) is 0 Å². The van der Waals surface area contributed by atoms with Gasteiger partial charge in [0.05, 0.1) is 0 Å². The van der Waals surface area contributed by atoms with Gasteiger partial charge in [-0.1, -0.05) is 11.8 Å². The van der Waals surface area contributed by atoms with E-state index >= 15 is 0 Å². The lowest BCUT2D eigenvalue weighted by Crippen LogP contribution is -2.24. The first-order valence-electron chi connectivity index (χ1n) is 6.30. The predicted octanol–water partition coefficient (Wildman–Crippen LogP) is 3.64. The number of anilines is 1. The van der Waals surface area contributed by atoms with Crippen LogP contribution in [-0.2, 0) is 7.05 Å². The van der Waals surface area contributed by atoms with E-state index in [1.165, 1.54) is 10.6 Å². The zero-order chi connectivity index (χ0) is 13.7. The molecule has 0 fully saturated rings. The van der Waals surface area contributed by atoms with Gasteiger partial charge in [0.2, 0.25) is 0 Å². The summed E-state index contributed by atoms with van der Waals surface area (Å²) in [4.78, 5) is 7.77. The predicted molar refractivity (Wildman–Crippen MR) is 82.4 cm³/mol. The molecule has 5 heteroatoms. The van der Waals surface area contributed by atoms with Crippen LogP contribution in [0.5, 0.6) is 0 Å². The van der Waals surface area contributed by atoms with E-state index < -0.39 is 0 Å². The second kappa shape index (κ2) is 6.87. The maximum atomic E-state index is 5.81. The van der Waals surface area contributed by atoms with Crippen LogP contribution in [0.4, 0.5) is 5.69 Å². The highest BCUT2D eigenvalue weighted by Gasteiger charge is 2.05. The van der Waals surface area contributed by atoms with Gasteiger partial charge in [0, 0.05) is 49.0 Å². The Labute approximate surface area is 123 Å². The number of alkyl halides is 1. The average molecular weight is 296 g/mol. The number of nitrogens with zero attached hydrogens (tertiary/aromatic N) is 3. The summed E-state index contributed by atoms with van der Waals surface area (Å²) in [6.07, 6.45) is 3.77. The molecule has 0 saturated heterocycles. The van der Waals surface area contributed by atoms with Crippen molar-refractivity contribution in [3.63, 3.8) is 0 Å².